The van der Waals surface area contributed by atoms with Crippen LogP contribution in [0.15, 0.2) is 23.6 Å². The van der Waals surface area contributed by atoms with Crippen LogP contribution in [-0.4, -0.2) is 16.3 Å². The van der Waals surface area contributed by atoms with Crippen LogP contribution in [0.1, 0.15) is 39.0 Å². The molecule has 2 rings (SSSR count). The van der Waals surface area contributed by atoms with Crippen LogP contribution >= 0.6 is 11.6 Å². The molecule has 1 N–H and O–H groups in total. The Morgan fingerprint density at radius 2 is 2.10 bits per heavy atom. The molecule has 21 heavy (non-hydrogen) atoms. The van der Waals surface area contributed by atoms with Crippen molar-refractivity contribution in [1.82, 2.24) is 9.78 Å². The van der Waals surface area contributed by atoms with E-state index in [9.17, 15) is 4.79 Å². The molecule has 116 valence electrons. The molecule has 0 spiro atoms. The van der Waals surface area contributed by atoms with E-state index in [1.165, 1.54) is 36.8 Å². The summed E-state index contributed by atoms with van der Waals surface area (Å²) in [5, 5.41) is 7.61. The fourth-order valence-electron chi connectivity index (χ4n) is 2.94. The highest BCUT2D eigenvalue weighted by Crippen LogP contribution is 2.30. The van der Waals surface area contributed by atoms with Gasteiger partial charge in [0, 0.05) is 6.54 Å². The summed E-state index contributed by atoms with van der Waals surface area (Å²) in [5.74, 6) is 1.56. The van der Waals surface area contributed by atoms with Gasteiger partial charge in [0.1, 0.15) is 5.02 Å². The van der Waals surface area contributed by atoms with Crippen LogP contribution in [0.3, 0.4) is 0 Å². The first-order valence-corrected chi connectivity index (χ1v) is 8.13. The Bertz CT molecular complexity index is 533. The summed E-state index contributed by atoms with van der Waals surface area (Å²) in [4.78, 5) is 12.0. The number of anilines is 1. The number of aromatic nitrogens is 2. The van der Waals surface area contributed by atoms with Gasteiger partial charge in [0.15, 0.2) is 0 Å². The SMILES string of the molecule is C=CCn1ncc(NCC2CCC(CC)CC2)c(Cl)c1=O. The Balaban J connectivity index is 1.93. The van der Waals surface area contributed by atoms with Crippen molar-refractivity contribution in [3.63, 3.8) is 0 Å². The van der Waals surface area contributed by atoms with Crippen molar-refractivity contribution in [2.45, 2.75) is 45.6 Å². The summed E-state index contributed by atoms with van der Waals surface area (Å²) in [5.41, 5.74) is 0.371. The van der Waals surface area contributed by atoms with E-state index in [4.69, 9.17) is 11.6 Å². The Labute approximate surface area is 131 Å². The van der Waals surface area contributed by atoms with Gasteiger partial charge in [-0.2, -0.15) is 5.10 Å². The predicted molar refractivity (Wildman–Crippen MR) is 87.9 cm³/mol. The molecule has 5 heteroatoms. The van der Waals surface area contributed by atoms with Crippen molar-refractivity contribution >= 4 is 17.3 Å². The standard InChI is InChI=1S/C16H24ClN3O/c1-3-9-20-16(21)15(17)14(11-19-20)18-10-13-7-5-12(4-2)6-8-13/h3,11-13,18H,1,4-10H2,2H3. The normalized spacial score (nSPS) is 22.0. The van der Waals surface area contributed by atoms with E-state index in [1.807, 2.05) is 0 Å². The average molecular weight is 310 g/mol. The summed E-state index contributed by atoms with van der Waals surface area (Å²) < 4.78 is 1.31. The molecule has 1 aromatic heterocycles. The Kier molecular flexibility index (Phi) is 5.85. The van der Waals surface area contributed by atoms with E-state index in [0.717, 1.165) is 12.5 Å². The number of rotatable bonds is 6. The van der Waals surface area contributed by atoms with Crippen LogP contribution in [0.2, 0.25) is 5.02 Å². The zero-order valence-corrected chi connectivity index (χ0v) is 13.4. The maximum atomic E-state index is 12.0. The van der Waals surface area contributed by atoms with Crippen molar-refractivity contribution in [2.75, 3.05) is 11.9 Å². The monoisotopic (exact) mass is 309 g/mol. The summed E-state index contributed by atoms with van der Waals surface area (Å²) in [6, 6.07) is 0. The van der Waals surface area contributed by atoms with Gasteiger partial charge in [-0.15, -0.1) is 6.58 Å². The Hall–Kier alpha value is -1.29. The van der Waals surface area contributed by atoms with Crippen LogP contribution in [-0.2, 0) is 6.54 Å². The van der Waals surface area contributed by atoms with Gasteiger partial charge in [-0.3, -0.25) is 4.79 Å². The molecule has 0 bridgehead atoms. The van der Waals surface area contributed by atoms with Crippen LogP contribution in [0.5, 0.6) is 0 Å². The molecule has 0 amide bonds. The maximum absolute atomic E-state index is 12.0. The minimum absolute atomic E-state index is 0.217. The van der Waals surface area contributed by atoms with Crippen LogP contribution in [0.4, 0.5) is 5.69 Å². The molecule has 1 fully saturated rings. The molecule has 1 aliphatic rings. The predicted octanol–water partition coefficient (Wildman–Crippen LogP) is 3.71. The largest absolute Gasteiger partial charge is 0.382 e. The van der Waals surface area contributed by atoms with Gasteiger partial charge in [0.25, 0.3) is 5.56 Å². The van der Waals surface area contributed by atoms with E-state index in [-0.39, 0.29) is 10.6 Å². The quantitative estimate of drug-likeness (QED) is 0.815. The zero-order valence-electron chi connectivity index (χ0n) is 12.6. The van der Waals surface area contributed by atoms with Crippen molar-refractivity contribution in [2.24, 2.45) is 11.8 Å². The fraction of sp³-hybridized carbons (Fsp3) is 0.625. The minimum atomic E-state index is -0.267. The van der Waals surface area contributed by atoms with Gasteiger partial charge >= 0.3 is 0 Å². The minimum Gasteiger partial charge on any atom is -0.382 e. The highest BCUT2D eigenvalue weighted by atomic mass is 35.5. The third kappa shape index (κ3) is 4.10. The molecule has 0 radical (unpaired) electrons. The molecule has 0 saturated heterocycles. The lowest BCUT2D eigenvalue weighted by Crippen LogP contribution is -2.25. The molecule has 1 saturated carbocycles. The molecule has 1 heterocycles. The van der Waals surface area contributed by atoms with Crippen molar-refractivity contribution in [3.05, 3.63) is 34.2 Å². The summed E-state index contributed by atoms with van der Waals surface area (Å²) in [7, 11) is 0. The number of allylic oxidation sites excluding steroid dienone is 1. The van der Waals surface area contributed by atoms with E-state index in [2.05, 4.69) is 23.9 Å². The number of halogens is 1. The average Bonchev–Trinajstić information content (AvgIpc) is 2.52. The smallest absolute Gasteiger partial charge is 0.287 e. The lowest BCUT2D eigenvalue weighted by molar-refractivity contribution is 0.278. The molecule has 0 atom stereocenters. The van der Waals surface area contributed by atoms with Crippen molar-refractivity contribution in [3.8, 4) is 0 Å². The third-order valence-electron chi connectivity index (χ3n) is 4.41. The molecule has 0 aromatic carbocycles. The Morgan fingerprint density at radius 3 is 2.71 bits per heavy atom. The molecule has 1 aliphatic carbocycles. The van der Waals surface area contributed by atoms with E-state index in [0.29, 0.717) is 18.2 Å². The zero-order chi connectivity index (χ0) is 15.2. The lowest BCUT2D eigenvalue weighted by atomic mass is 9.81. The lowest BCUT2D eigenvalue weighted by Gasteiger charge is -2.28. The van der Waals surface area contributed by atoms with Gasteiger partial charge < -0.3 is 5.32 Å². The van der Waals surface area contributed by atoms with Crippen LogP contribution < -0.4 is 10.9 Å². The fourth-order valence-corrected chi connectivity index (χ4v) is 3.15. The summed E-state index contributed by atoms with van der Waals surface area (Å²) in [6.45, 7) is 7.11. The second-order valence-electron chi connectivity index (χ2n) is 5.82. The first-order valence-electron chi connectivity index (χ1n) is 7.76. The molecular weight excluding hydrogens is 286 g/mol. The van der Waals surface area contributed by atoms with E-state index < -0.39 is 0 Å². The number of nitrogens with one attached hydrogen (secondary N) is 1. The van der Waals surface area contributed by atoms with Gasteiger partial charge in [0.2, 0.25) is 0 Å². The van der Waals surface area contributed by atoms with Gasteiger partial charge in [-0.1, -0.05) is 43.9 Å². The van der Waals surface area contributed by atoms with E-state index >= 15 is 0 Å². The van der Waals surface area contributed by atoms with Gasteiger partial charge in [0.05, 0.1) is 18.4 Å². The molecule has 0 aliphatic heterocycles. The highest BCUT2D eigenvalue weighted by molar-refractivity contribution is 6.32. The Morgan fingerprint density at radius 1 is 1.43 bits per heavy atom. The molecular formula is C16H24ClN3O. The molecule has 4 nitrogen and oxygen atoms in total. The highest BCUT2D eigenvalue weighted by Gasteiger charge is 2.20. The third-order valence-corrected chi connectivity index (χ3v) is 4.78. The summed E-state index contributed by atoms with van der Waals surface area (Å²) in [6.07, 6.45) is 9.69. The van der Waals surface area contributed by atoms with Crippen LogP contribution in [0, 0.1) is 11.8 Å². The van der Waals surface area contributed by atoms with Crippen LogP contribution in [0.25, 0.3) is 0 Å². The topological polar surface area (TPSA) is 46.9 Å². The number of nitrogens with zero attached hydrogens (tertiary/aromatic N) is 2. The van der Waals surface area contributed by atoms with Gasteiger partial charge in [-0.25, -0.2) is 4.68 Å². The first kappa shape index (κ1) is 16.1. The summed E-state index contributed by atoms with van der Waals surface area (Å²) >= 11 is 6.13. The second kappa shape index (κ2) is 7.64. The maximum Gasteiger partial charge on any atom is 0.287 e. The first-order chi connectivity index (χ1) is 10.2. The van der Waals surface area contributed by atoms with Gasteiger partial charge in [-0.05, 0) is 24.7 Å². The molecule has 1 aromatic rings. The number of hydrogen-bond donors (Lipinski definition) is 1. The second-order valence-corrected chi connectivity index (χ2v) is 6.20. The molecule has 0 unspecified atom stereocenters. The van der Waals surface area contributed by atoms with Crippen molar-refractivity contribution in [1.29, 1.82) is 0 Å². The van der Waals surface area contributed by atoms with Crippen molar-refractivity contribution < 1.29 is 0 Å². The van der Waals surface area contributed by atoms with E-state index in [1.54, 1.807) is 12.3 Å². The number of hydrogen-bond acceptors (Lipinski definition) is 3.